The molecule has 3 amide bonds. The molecule has 0 spiro atoms. The summed E-state index contributed by atoms with van der Waals surface area (Å²) in [5.74, 6) is -0.388. The van der Waals surface area contributed by atoms with E-state index in [1.54, 1.807) is 30.7 Å². The Hall–Kier alpha value is -3.37. The molecule has 0 bridgehead atoms. The van der Waals surface area contributed by atoms with Crippen molar-refractivity contribution in [2.75, 3.05) is 18.8 Å². The Balaban J connectivity index is 1.28. The third-order valence-corrected chi connectivity index (χ3v) is 6.94. The normalized spacial score (nSPS) is 14.8. The molecule has 34 heavy (non-hydrogen) atoms. The highest BCUT2D eigenvalue weighted by atomic mass is 32.2. The number of thioether (sulfide) groups is 2. The van der Waals surface area contributed by atoms with Gasteiger partial charge in [-0.05, 0) is 54.9 Å². The molecule has 1 saturated heterocycles. The SMILES string of the molecule is Cc1ccc(-n2ccnc2SCC(=O)NCCN2C(=O)S/C(=C\c3cccnc3)C2=O)c(C)c1. The van der Waals surface area contributed by atoms with Gasteiger partial charge in [-0.25, -0.2) is 4.98 Å². The third-order valence-electron chi connectivity index (χ3n) is 5.06. The fourth-order valence-electron chi connectivity index (χ4n) is 3.45. The summed E-state index contributed by atoms with van der Waals surface area (Å²) in [5.41, 5.74) is 4.07. The number of nitrogens with zero attached hydrogens (tertiary/aromatic N) is 4. The molecular formula is C24H23N5O3S2. The minimum atomic E-state index is -0.363. The molecule has 2 aromatic heterocycles. The highest BCUT2D eigenvalue weighted by molar-refractivity contribution is 8.18. The van der Waals surface area contributed by atoms with Crippen LogP contribution in [0.3, 0.4) is 0 Å². The zero-order valence-electron chi connectivity index (χ0n) is 18.7. The Kier molecular flexibility index (Phi) is 7.49. The first kappa shape index (κ1) is 23.8. The van der Waals surface area contributed by atoms with Crippen LogP contribution in [0.1, 0.15) is 16.7 Å². The minimum absolute atomic E-state index is 0.114. The van der Waals surface area contributed by atoms with Crippen LogP contribution in [-0.2, 0) is 9.59 Å². The monoisotopic (exact) mass is 493 g/mol. The van der Waals surface area contributed by atoms with Crippen LogP contribution in [-0.4, -0.2) is 55.3 Å². The quantitative estimate of drug-likeness (QED) is 0.376. The third kappa shape index (κ3) is 5.57. The second kappa shape index (κ2) is 10.7. The van der Waals surface area contributed by atoms with Crippen LogP contribution >= 0.6 is 23.5 Å². The molecule has 4 rings (SSSR count). The van der Waals surface area contributed by atoms with Crippen LogP contribution < -0.4 is 5.32 Å². The van der Waals surface area contributed by atoms with E-state index in [0.29, 0.717) is 10.1 Å². The van der Waals surface area contributed by atoms with Crippen LogP contribution in [0.25, 0.3) is 11.8 Å². The average Bonchev–Trinajstić information content (AvgIpc) is 3.38. The summed E-state index contributed by atoms with van der Waals surface area (Å²) < 4.78 is 1.96. The second-order valence-corrected chi connectivity index (χ2v) is 9.56. The first-order valence-corrected chi connectivity index (χ1v) is 12.4. The Morgan fingerprint density at radius 1 is 1.21 bits per heavy atom. The average molecular weight is 494 g/mol. The summed E-state index contributed by atoms with van der Waals surface area (Å²) in [6, 6.07) is 9.75. The summed E-state index contributed by atoms with van der Waals surface area (Å²) in [6.07, 6.45) is 8.48. The first-order valence-electron chi connectivity index (χ1n) is 10.6. The Morgan fingerprint density at radius 3 is 2.82 bits per heavy atom. The molecule has 0 radical (unpaired) electrons. The molecule has 8 nitrogen and oxygen atoms in total. The number of carbonyl (C=O) groups excluding carboxylic acids is 3. The number of rotatable bonds is 8. The number of imide groups is 1. The molecule has 1 aliphatic rings. The molecule has 0 saturated carbocycles. The predicted octanol–water partition coefficient (Wildman–Crippen LogP) is 3.83. The number of carbonyl (C=O) groups is 3. The molecule has 1 aromatic carbocycles. The van der Waals surface area contributed by atoms with Gasteiger partial charge in [-0.15, -0.1) is 0 Å². The molecule has 3 heterocycles. The molecule has 0 aliphatic carbocycles. The van der Waals surface area contributed by atoms with Gasteiger partial charge in [-0.3, -0.25) is 28.8 Å². The standard InChI is InChI=1S/C24H23N5O3S2/c1-16-5-6-19(17(2)12-16)28-10-9-27-23(28)33-15-21(30)26-8-11-29-22(31)20(34-24(29)32)13-18-4-3-7-25-14-18/h3-7,9-10,12-14H,8,11,15H2,1-2H3,(H,26,30)/b20-13-. The molecule has 174 valence electrons. The molecule has 0 atom stereocenters. The van der Waals surface area contributed by atoms with E-state index < -0.39 is 0 Å². The van der Waals surface area contributed by atoms with Gasteiger partial charge in [0.05, 0.1) is 16.3 Å². The van der Waals surface area contributed by atoms with E-state index >= 15 is 0 Å². The maximum atomic E-state index is 12.6. The highest BCUT2D eigenvalue weighted by Crippen LogP contribution is 2.31. The lowest BCUT2D eigenvalue weighted by atomic mass is 10.1. The van der Waals surface area contributed by atoms with Gasteiger partial charge < -0.3 is 5.32 Å². The van der Waals surface area contributed by atoms with Gasteiger partial charge in [0.2, 0.25) is 5.91 Å². The number of nitrogens with one attached hydrogen (secondary N) is 1. The summed E-state index contributed by atoms with van der Waals surface area (Å²) in [6.45, 7) is 4.39. The van der Waals surface area contributed by atoms with E-state index in [-0.39, 0.29) is 35.9 Å². The van der Waals surface area contributed by atoms with E-state index in [4.69, 9.17) is 0 Å². The largest absolute Gasteiger partial charge is 0.354 e. The van der Waals surface area contributed by atoms with Gasteiger partial charge in [-0.2, -0.15) is 0 Å². The zero-order valence-corrected chi connectivity index (χ0v) is 20.4. The first-order chi connectivity index (χ1) is 16.4. The van der Waals surface area contributed by atoms with Crippen molar-refractivity contribution in [1.82, 2.24) is 24.8 Å². The van der Waals surface area contributed by atoms with Gasteiger partial charge >= 0.3 is 0 Å². The number of hydrogen-bond donors (Lipinski definition) is 1. The van der Waals surface area contributed by atoms with Crippen molar-refractivity contribution in [3.63, 3.8) is 0 Å². The fraction of sp³-hybridized carbons (Fsp3) is 0.208. The molecule has 1 N–H and O–H groups in total. The maximum absolute atomic E-state index is 12.6. The molecule has 0 unspecified atom stereocenters. The van der Waals surface area contributed by atoms with Crippen molar-refractivity contribution >= 4 is 46.7 Å². The Bertz CT molecular complexity index is 1260. The van der Waals surface area contributed by atoms with E-state index in [9.17, 15) is 14.4 Å². The van der Waals surface area contributed by atoms with E-state index in [0.717, 1.165) is 33.5 Å². The number of amides is 3. The summed E-state index contributed by atoms with van der Waals surface area (Å²) in [5, 5.41) is 3.14. The lowest BCUT2D eigenvalue weighted by molar-refractivity contribution is -0.123. The van der Waals surface area contributed by atoms with Crippen LogP contribution in [0.15, 0.2) is 65.2 Å². The molecule has 1 fully saturated rings. The van der Waals surface area contributed by atoms with Crippen molar-refractivity contribution in [2.24, 2.45) is 0 Å². The number of pyridine rings is 1. The lowest BCUT2D eigenvalue weighted by Crippen LogP contribution is -2.37. The van der Waals surface area contributed by atoms with Gasteiger partial charge in [0, 0.05) is 37.9 Å². The maximum Gasteiger partial charge on any atom is 0.293 e. The van der Waals surface area contributed by atoms with Crippen LogP contribution in [0.5, 0.6) is 0 Å². The molecule has 3 aromatic rings. The van der Waals surface area contributed by atoms with Crippen LogP contribution in [0, 0.1) is 13.8 Å². The van der Waals surface area contributed by atoms with Crippen molar-refractivity contribution < 1.29 is 14.4 Å². The Labute approximate surface area is 205 Å². The number of aromatic nitrogens is 3. The van der Waals surface area contributed by atoms with Crippen molar-refractivity contribution in [2.45, 2.75) is 19.0 Å². The summed E-state index contributed by atoms with van der Waals surface area (Å²) in [4.78, 5) is 47.0. The van der Waals surface area contributed by atoms with Gasteiger partial charge in [0.25, 0.3) is 11.1 Å². The number of imidazole rings is 1. The Morgan fingerprint density at radius 2 is 2.06 bits per heavy atom. The van der Waals surface area contributed by atoms with Crippen molar-refractivity contribution in [1.29, 1.82) is 0 Å². The van der Waals surface area contributed by atoms with Crippen LogP contribution in [0.4, 0.5) is 4.79 Å². The summed E-state index contributed by atoms with van der Waals surface area (Å²) >= 11 is 2.22. The van der Waals surface area contributed by atoms with Gasteiger partial charge in [0.1, 0.15) is 0 Å². The molecule has 1 aliphatic heterocycles. The second-order valence-electron chi connectivity index (χ2n) is 7.63. The minimum Gasteiger partial charge on any atom is -0.354 e. The topological polar surface area (TPSA) is 97.2 Å². The number of aryl methyl sites for hydroxylation is 2. The number of hydrogen-bond acceptors (Lipinski definition) is 7. The zero-order chi connectivity index (χ0) is 24.1. The van der Waals surface area contributed by atoms with Crippen molar-refractivity contribution in [3.05, 3.63) is 76.7 Å². The van der Waals surface area contributed by atoms with Crippen molar-refractivity contribution in [3.8, 4) is 5.69 Å². The van der Waals surface area contributed by atoms with Crippen LogP contribution in [0.2, 0.25) is 0 Å². The van der Waals surface area contributed by atoms with Gasteiger partial charge in [0.15, 0.2) is 5.16 Å². The number of benzene rings is 1. The van der Waals surface area contributed by atoms with E-state index in [1.807, 2.05) is 42.8 Å². The van der Waals surface area contributed by atoms with E-state index in [2.05, 4.69) is 21.4 Å². The van der Waals surface area contributed by atoms with E-state index in [1.165, 1.54) is 17.3 Å². The highest BCUT2D eigenvalue weighted by Gasteiger charge is 2.34. The smallest absolute Gasteiger partial charge is 0.293 e. The predicted molar refractivity (Wildman–Crippen MR) is 134 cm³/mol. The van der Waals surface area contributed by atoms with Gasteiger partial charge in [-0.1, -0.05) is 35.5 Å². The summed E-state index contributed by atoms with van der Waals surface area (Å²) in [7, 11) is 0. The fourth-order valence-corrected chi connectivity index (χ4v) is 5.11. The lowest BCUT2D eigenvalue weighted by Gasteiger charge is -2.13. The molecular weight excluding hydrogens is 470 g/mol. The molecule has 10 heteroatoms.